The third kappa shape index (κ3) is 3.77. The summed E-state index contributed by atoms with van der Waals surface area (Å²) in [6.45, 7) is 3.24. The van der Waals surface area contributed by atoms with Crippen molar-refractivity contribution in [2.45, 2.75) is 20.4 Å². The van der Waals surface area contributed by atoms with Crippen molar-refractivity contribution < 1.29 is 13.9 Å². The predicted molar refractivity (Wildman–Crippen MR) is 108 cm³/mol. The SMILES string of the molecule is Cc1ccc(NC(=O)Cn2nc3c(Oc4ccccc4C)nccn3c2=O)c(F)c1. The van der Waals surface area contributed by atoms with E-state index in [9.17, 15) is 14.0 Å². The molecule has 0 unspecified atom stereocenters. The van der Waals surface area contributed by atoms with Crippen molar-refractivity contribution in [1.82, 2.24) is 19.2 Å². The van der Waals surface area contributed by atoms with Gasteiger partial charge in [-0.15, -0.1) is 5.10 Å². The summed E-state index contributed by atoms with van der Waals surface area (Å²) >= 11 is 0. The van der Waals surface area contributed by atoms with Crippen molar-refractivity contribution in [2.75, 3.05) is 5.32 Å². The summed E-state index contributed by atoms with van der Waals surface area (Å²) < 4.78 is 22.0. The maximum atomic E-state index is 14.0. The third-order valence-electron chi connectivity index (χ3n) is 4.46. The lowest BCUT2D eigenvalue weighted by Gasteiger charge is -2.07. The van der Waals surface area contributed by atoms with Crippen LogP contribution in [0.1, 0.15) is 11.1 Å². The Hall–Kier alpha value is -4.01. The number of aromatic nitrogens is 4. The number of amides is 1. The van der Waals surface area contributed by atoms with Crippen LogP contribution in [0, 0.1) is 19.7 Å². The van der Waals surface area contributed by atoms with E-state index in [0.29, 0.717) is 5.75 Å². The molecule has 0 spiro atoms. The van der Waals surface area contributed by atoms with Gasteiger partial charge in [0.1, 0.15) is 18.1 Å². The molecule has 2 aromatic carbocycles. The molecule has 1 amide bonds. The fraction of sp³-hybridized carbons (Fsp3) is 0.143. The number of aryl methyl sites for hydroxylation is 2. The van der Waals surface area contributed by atoms with Gasteiger partial charge in [0, 0.05) is 12.4 Å². The third-order valence-corrected chi connectivity index (χ3v) is 4.46. The number of carbonyl (C=O) groups is 1. The Balaban J connectivity index is 1.61. The molecule has 1 N–H and O–H groups in total. The van der Waals surface area contributed by atoms with E-state index in [1.165, 1.54) is 28.9 Å². The minimum Gasteiger partial charge on any atom is -0.436 e. The van der Waals surface area contributed by atoms with Crippen molar-refractivity contribution in [3.63, 3.8) is 0 Å². The summed E-state index contributed by atoms with van der Waals surface area (Å²) in [5.41, 5.74) is 1.28. The van der Waals surface area contributed by atoms with Crippen molar-refractivity contribution in [1.29, 1.82) is 0 Å². The molecule has 0 aliphatic rings. The Bertz CT molecular complexity index is 1310. The molecule has 0 radical (unpaired) electrons. The molecule has 0 aliphatic heterocycles. The van der Waals surface area contributed by atoms with Crippen molar-refractivity contribution in [3.8, 4) is 11.6 Å². The first kappa shape index (κ1) is 19.3. The van der Waals surface area contributed by atoms with E-state index < -0.39 is 24.0 Å². The highest BCUT2D eigenvalue weighted by atomic mass is 19.1. The largest absolute Gasteiger partial charge is 0.436 e. The Labute approximate surface area is 170 Å². The summed E-state index contributed by atoms with van der Waals surface area (Å²) in [7, 11) is 0. The van der Waals surface area contributed by atoms with Crippen LogP contribution in [0.3, 0.4) is 0 Å². The molecule has 4 rings (SSSR count). The molecule has 0 atom stereocenters. The number of nitrogens with one attached hydrogen (secondary N) is 1. The summed E-state index contributed by atoms with van der Waals surface area (Å²) in [5.74, 6) is -0.429. The number of hydrogen-bond acceptors (Lipinski definition) is 5. The molecule has 0 aliphatic carbocycles. The second kappa shape index (κ2) is 7.78. The average Bonchev–Trinajstić information content (AvgIpc) is 3.02. The Morgan fingerprint density at radius 2 is 2.00 bits per heavy atom. The van der Waals surface area contributed by atoms with Gasteiger partial charge in [0.05, 0.1) is 5.69 Å². The number of nitrogens with zero attached hydrogens (tertiary/aromatic N) is 4. The first-order chi connectivity index (χ1) is 14.4. The van der Waals surface area contributed by atoms with E-state index in [-0.39, 0.29) is 17.2 Å². The number of benzene rings is 2. The first-order valence-corrected chi connectivity index (χ1v) is 9.16. The smallest absolute Gasteiger partial charge is 0.351 e. The van der Waals surface area contributed by atoms with Crippen molar-refractivity contribution >= 4 is 17.2 Å². The first-order valence-electron chi connectivity index (χ1n) is 9.16. The zero-order chi connectivity index (χ0) is 21.3. The molecule has 8 nitrogen and oxygen atoms in total. The number of rotatable bonds is 5. The number of para-hydroxylation sites is 1. The minimum atomic E-state index is -0.586. The lowest BCUT2D eigenvalue weighted by Crippen LogP contribution is -2.28. The van der Waals surface area contributed by atoms with Gasteiger partial charge in [0.15, 0.2) is 0 Å². The van der Waals surface area contributed by atoms with Crippen LogP contribution in [-0.2, 0) is 11.3 Å². The quantitative estimate of drug-likeness (QED) is 0.549. The fourth-order valence-corrected chi connectivity index (χ4v) is 2.92. The molecule has 2 heterocycles. The number of fused-ring (bicyclic) bond motifs is 1. The molecule has 9 heteroatoms. The van der Waals surface area contributed by atoms with Crippen LogP contribution in [0.15, 0.2) is 59.7 Å². The van der Waals surface area contributed by atoms with Crippen LogP contribution in [0.25, 0.3) is 5.65 Å². The summed E-state index contributed by atoms with van der Waals surface area (Å²) in [4.78, 5) is 29.1. The monoisotopic (exact) mass is 407 g/mol. The molecule has 0 bridgehead atoms. The molecule has 152 valence electrons. The van der Waals surface area contributed by atoms with E-state index in [4.69, 9.17) is 4.74 Å². The number of carbonyl (C=O) groups excluding carboxylic acids is 1. The highest BCUT2D eigenvalue weighted by molar-refractivity contribution is 5.90. The van der Waals surface area contributed by atoms with Gasteiger partial charge in [0.25, 0.3) is 5.88 Å². The van der Waals surface area contributed by atoms with E-state index >= 15 is 0 Å². The number of anilines is 1. The number of ether oxygens (including phenoxy) is 1. The maximum Gasteiger partial charge on any atom is 0.351 e. The molecular weight excluding hydrogens is 389 g/mol. The van der Waals surface area contributed by atoms with E-state index in [2.05, 4.69) is 15.4 Å². The molecule has 0 saturated heterocycles. The van der Waals surface area contributed by atoms with Gasteiger partial charge in [-0.25, -0.2) is 23.3 Å². The lowest BCUT2D eigenvalue weighted by atomic mass is 10.2. The summed E-state index contributed by atoms with van der Waals surface area (Å²) in [6, 6.07) is 11.8. The summed E-state index contributed by atoms with van der Waals surface area (Å²) in [6.07, 6.45) is 2.85. The van der Waals surface area contributed by atoms with E-state index in [0.717, 1.165) is 15.8 Å². The molecule has 0 fully saturated rings. The van der Waals surface area contributed by atoms with Crippen LogP contribution in [0.2, 0.25) is 0 Å². The van der Waals surface area contributed by atoms with Crippen LogP contribution in [0.4, 0.5) is 10.1 Å². The number of halogens is 1. The van der Waals surface area contributed by atoms with E-state index in [1.807, 2.05) is 25.1 Å². The fourth-order valence-electron chi connectivity index (χ4n) is 2.92. The van der Waals surface area contributed by atoms with Crippen LogP contribution < -0.4 is 15.7 Å². The molecule has 30 heavy (non-hydrogen) atoms. The minimum absolute atomic E-state index is 0.0349. The highest BCUT2D eigenvalue weighted by Gasteiger charge is 2.17. The normalized spacial score (nSPS) is 10.9. The average molecular weight is 407 g/mol. The van der Waals surface area contributed by atoms with Gasteiger partial charge in [-0.1, -0.05) is 24.3 Å². The Morgan fingerprint density at radius 3 is 2.77 bits per heavy atom. The predicted octanol–water partition coefficient (Wildman–Crippen LogP) is 3.08. The zero-order valence-electron chi connectivity index (χ0n) is 16.3. The topological polar surface area (TPSA) is 90.5 Å². The molecule has 4 aromatic rings. The highest BCUT2D eigenvalue weighted by Crippen LogP contribution is 2.25. The van der Waals surface area contributed by atoms with Gasteiger partial charge >= 0.3 is 5.69 Å². The van der Waals surface area contributed by atoms with Crippen LogP contribution >= 0.6 is 0 Å². The second-order valence-electron chi connectivity index (χ2n) is 6.77. The standard InChI is InChI=1S/C21H18FN5O3/c1-13-7-8-16(15(22)11-13)24-18(28)12-27-21(29)26-10-9-23-20(19(26)25-27)30-17-6-4-3-5-14(17)2/h3-11H,12H2,1-2H3,(H,24,28). The van der Waals surface area contributed by atoms with Crippen molar-refractivity contribution in [2.24, 2.45) is 0 Å². The van der Waals surface area contributed by atoms with Gasteiger partial charge in [-0.3, -0.25) is 4.79 Å². The van der Waals surface area contributed by atoms with E-state index in [1.54, 1.807) is 19.1 Å². The Morgan fingerprint density at radius 1 is 1.20 bits per heavy atom. The van der Waals surface area contributed by atoms with Gasteiger partial charge < -0.3 is 10.1 Å². The van der Waals surface area contributed by atoms with Crippen molar-refractivity contribution in [3.05, 3.63) is 82.3 Å². The molecular formula is C21H18FN5O3. The van der Waals surface area contributed by atoms with Crippen LogP contribution in [0.5, 0.6) is 11.6 Å². The Kier molecular flexibility index (Phi) is 5.01. The lowest BCUT2D eigenvalue weighted by molar-refractivity contribution is -0.117. The maximum absolute atomic E-state index is 14.0. The van der Waals surface area contributed by atoms with Gasteiger partial charge in [-0.05, 0) is 43.2 Å². The second-order valence-corrected chi connectivity index (χ2v) is 6.77. The number of hydrogen-bond donors (Lipinski definition) is 1. The van der Waals surface area contributed by atoms with Crippen LogP contribution in [-0.4, -0.2) is 25.1 Å². The molecule has 0 saturated carbocycles. The molecule has 2 aromatic heterocycles. The van der Waals surface area contributed by atoms with Gasteiger partial charge in [-0.2, -0.15) is 0 Å². The summed E-state index contributed by atoms with van der Waals surface area (Å²) in [5, 5.41) is 6.63. The zero-order valence-corrected chi connectivity index (χ0v) is 16.3. The van der Waals surface area contributed by atoms with Gasteiger partial charge in [0.2, 0.25) is 11.6 Å².